The number of nitro groups is 1. The molecule has 1 atom stereocenters. The molecule has 10 heteroatoms. The average molecular weight is 589 g/mol. The lowest BCUT2D eigenvalue weighted by atomic mass is 10.0. The van der Waals surface area contributed by atoms with Crippen molar-refractivity contribution in [2.75, 3.05) is 5.75 Å². The first kappa shape index (κ1) is 30.5. The van der Waals surface area contributed by atoms with E-state index >= 15 is 0 Å². The van der Waals surface area contributed by atoms with Crippen molar-refractivity contribution in [1.29, 1.82) is 0 Å². The van der Waals surface area contributed by atoms with Crippen LogP contribution in [0.3, 0.4) is 0 Å². The Hall–Kier alpha value is -3.07. The summed E-state index contributed by atoms with van der Waals surface area (Å²) in [7, 11) is 0. The number of hydrogen-bond donors (Lipinski definition) is 1. The summed E-state index contributed by atoms with van der Waals surface area (Å²) in [6.45, 7) is 5.86. The highest BCUT2D eigenvalue weighted by Crippen LogP contribution is 2.25. The van der Waals surface area contributed by atoms with Crippen molar-refractivity contribution in [3.05, 3.63) is 110 Å². The summed E-state index contributed by atoms with van der Waals surface area (Å²) in [4.78, 5) is 39.4. The second-order valence-corrected chi connectivity index (χ2v) is 11.9. The van der Waals surface area contributed by atoms with Crippen LogP contribution in [0.25, 0.3) is 0 Å². The van der Waals surface area contributed by atoms with Crippen molar-refractivity contribution in [2.24, 2.45) is 0 Å². The van der Waals surface area contributed by atoms with Gasteiger partial charge in [0.25, 0.3) is 5.69 Å². The van der Waals surface area contributed by atoms with Crippen LogP contribution in [0.15, 0.2) is 72.8 Å². The lowest BCUT2D eigenvalue weighted by Gasteiger charge is -2.34. The van der Waals surface area contributed by atoms with Gasteiger partial charge >= 0.3 is 0 Å². The molecule has 0 spiro atoms. The van der Waals surface area contributed by atoms with Gasteiger partial charge in [0.1, 0.15) is 6.04 Å². The number of non-ortho nitro benzene ring substituents is 1. The number of amides is 2. The van der Waals surface area contributed by atoms with E-state index in [0.717, 1.165) is 16.7 Å². The maximum atomic E-state index is 13.7. The van der Waals surface area contributed by atoms with Gasteiger partial charge in [-0.3, -0.25) is 19.7 Å². The van der Waals surface area contributed by atoms with Gasteiger partial charge in [0, 0.05) is 36.4 Å². The van der Waals surface area contributed by atoms with E-state index in [-0.39, 0.29) is 29.8 Å². The third kappa shape index (κ3) is 9.56. The maximum absolute atomic E-state index is 13.7. The molecule has 2 amide bonds. The number of carbonyl (C=O) groups excluding carboxylic acids is 2. The average Bonchev–Trinajstić information content (AvgIpc) is 2.88. The van der Waals surface area contributed by atoms with Gasteiger partial charge in [-0.15, -0.1) is 11.8 Å². The van der Waals surface area contributed by atoms with Crippen molar-refractivity contribution in [3.8, 4) is 0 Å². The number of thioether (sulfide) groups is 1. The van der Waals surface area contributed by atoms with Crippen LogP contribution < -0.4 is 5.32 Å². The summed E-state index contributed by atoms with van der Waals surface area (Å²) in [5, 5.41) is 14.7. The molecule has 206 valence electrons. The standard InChI is InChI=1S/C29H31Cl2N3O4S/c1-29(2,3)32-28(36)26(16-20-7-5-4-6-8-20)33(17-22-11-14-24(30)25(31)15-22)27(35)19-39-18-21-9-12-23(13-10-21)34(37)38/h4-15,26H,16-19H2,1-3H3,(H,32,36)/t26-/m1/s1. The minimum atomic E-state index is -0.770. The first-order valence-electron chi connectivity index (χ1n) is 12.3. The Morgan fingerprint density at radius 3 is 2.18 bits per heavy atom. The monoisotopic (exact) mass is 587 g/mol. The minimum Gasteiger partial charge on any atom is -0.350 e. The molecule has 0 aromatic heterocycles. The Kier molecular flexibility index (Phi) is 10.8. The quantitative estimate of drug-likeness (QED) is 0.199. The lowest BCUT2D eigenvalue weighted by molar-refractivity contribution is -0.384. The number of benzene rings is 3. The Balaban J connectivity index is 1.86. The molecule has 0 saturated heterocycles. The SMILES string of the molecule is CC(C)(C)NC(=O)[C@@H](Cc1ccccc1)N(Cc1ccc(Cl)c(Cl)c1)C(=O)CSCc1ccc([N+](=O)[O-])cc1. The molecule has 0 unspecified atom stereocenters. The second kappa shape index (κ2) is 13.8. The zero-order chi connectivity index (χ0) is 28.6. The minimum absolute atomic E-state index is 0.0150. The van der Waals surface area contributed by atoms with Crippen LogP contribution in [-0.4, -0.2) is 39.0 Å². The number of nitrogens with zero attached hydrogens (tertiary/aromatic N) is 2. The lowest BCUT2D eigenvalue weighted by Crippen LogP contribution is -2.54. The molecule has 3 aromatic rings. The van der Waals surface area contributed by atoms with E-state index in [1.807, 2.05) is 51.1 Å². The number of nitrogens with one attached hydrogen (secondary N) is 1. The molecule has 0 radical (unpaired) electrons. The highest BCUT2D eigenvalue weighted by atomic mass is 35.5. The van der Waals surface area contributed by atoms with Crippen LogP contribution in [0.4, 0.5) is 5.69 Å². The van der Waals surface area contributed by atoms with E-state index in [0.29, 0.717) is 22.2 Å². The van der Waals surface area contributed by atoms with Crippen LogP contribution in [-0.2, 0) is 28.3 Å². The van der Waals surface area contributed by atoms with Crippen molar-refractivity contribution in [1.82, 2.24) is 10.2 Å². The fraction of sp³-hybridized carbons (Fsp3) is 0.310. The summed E-state index contributed by atoms with van der Waals surface area (Å²) >= 11 is 13.7. The summed E-state index contributed by atoms with van der Waals surface area (Å²) in [5.74, 6) is 0.145. The Bertz CT molecular complexity index is 1300. The van der Waals surface area contributed by atoms with Gasteiger partial charge < -0.3 is 10.2 Å². The van der Waals surface area contributed by atoms with Crippen LogP contribution >= 0.6 is 35.0 Å². The van der Waals surface area contributed by atoms with Gasteiger partial charge in [0.05, 0.1) is 20.7 Å². The Labute approximate surface area is 243 Å². The molecule has 3 rings (SSSR count). The Morgan fingerprint density at radius 2 is 1.59 bits per heavy atom. The molecule has 0 fully saturated rings. The first-order chi connectivity index (χ1) is 18.4. The largest absolute Gasteiger partial charge is 0.350 e. The molecule has 0 aliphatic heterocycles. The van der Waals surface area contributed by atoms with E-state index in [2.05, 4.69) is 5.32 Å². The predicted molar refractivity (Wildman–Crippen MR) is 158 cm³/mol. The molecule has 0 aliphatic carbocycles. The van der Waals surface area contributed by atoms with Crippen LogP contribution in [0.5, 0.6) is 0 Å². The van der Waals surface area contributed by atoms with Crippen molar-refractivity contribution >= 4 is 52.5 Å². The van der Waals surface area contributed by atoms with Crippen molar-refractivity contribution in [3.63, 3.8) is 0 Å². The van der Waals surface area contributed by atoms with Crippen LogP contribution in [0, 0.1) is 10.1 Å². The molecule has 0 saturated carbocycles. The molecule has 3 aromatic carbocycles. The number of rotatable bonds is 11. The first-order valence-corrected chi connectivity index (χ1v) is 14.2. The van der Waals surface area contributed by atoms with E-state index < -0.39 is 16.5 Å². The fourth-order valence-electron chi connectivity index (χ4n) is 3.89. The molecule has 0 aliphatic rings. The molecule has 0 bridgehead atoms. The van der Waals surface area contributed by atoms with Gasteiger partial charge in [-0.1, -0.05) is 71.7 Å². The Morgan fingerprint density at radius 1 is 0.949 bits per heavy atom. The number of nitro benzene ring substituents is 1. The molecule has 0 heterocycles. The zero-order valence-electron chi connectivity index (χ0n) is 22.0. The van der Waals surface area contributed by atoms with Crippen LogP contribution in [0.2, 0.25) is 10.0 Å². The smallest absolute Gasteiger partial charge is 0.269 e. The number of halogens is 2. The third-order valence-corrected chi connectivity index (χ3v) is 7.48. The van der Waals surface area contributed by atoms with Gasteiger partial charge in [-0.05, 0) is 49.6 Å². The maximum Gasteiger partial charge on any atom is 0.269 e. The normalized spacial score (nSPS) is 12.0. The molecule has 39 heavy (non-hydrogen) atoms. The van der Waals surface area contributed by atoms with Gasteiger partial charge in [-0.25, -0.2) is 0 Å². The molecular weight excluding hydrogens is 557 g/mol. The summed E-state index contributed by atoms with van der Waals surface area (Å²) in [6, 6.07) is 20.2. The van der Waals surface area contributed by atoms with E-state index in [9.17, 15) is 19.7 Å². The third-order valence-electron chi connectivity index (χ3n) is 5.75. The van der Waals surface area contributed by atoms with Gasteiger partial charge in [0.2, 0.25) is 11.8 Å². The summed E-state index contributed by atoms with van der Waals surface area (Å²) in [5.41, 5.74) is 2.06. The molecular formula is C29H31Cl2N3O4S. The van der Waals surface area contributed by atoms with Crippen molar-refractivity contribution < 1.29 is 14.5 Å². The van der Waals surface area contributed by atoms with Gasteiger partial charge in [-0.2, -0.15) is 0 Å². The van der Waals surface area contributed by atoms with Gasteiger partial charge in [0.15, 0.2) is 0 Å². The fourth-order valence-corrected chi connectivity index (χ4v) is 5.09. The number of hydrogen-bond acceptors (Lipinski definition) is 5. The van der Waals surface area contributed by atoms with E-state index in [4.69, 9.17) is 23.2 Å². The summed E-state index contributed by atoms with van der Waals surface area (Å²) < 4.78 is 0. The number of carbonyl (C=O) groups is 2. The zero-order valence-corrected chi connectivity index (χ0v) is 24.4. The predicted octanol–water partition coefficient (Wildman–Crippen LogP) is 6.69. The van der Waals surface area contributed by atoms with Crippen LogP contribution in [0.1, 0.15) is 37.5 Å². The molecule has 1 N–H and O–H groups in total. The van der Waals surface area contributed by atoms with E-state index in [1.54, 1.807) is 35.2 Å². The van der Waals surface area contributed by atoms with E-state index in [1.165, 1.54) is 23.9 Å². The molecule has 7 nitrogen and oxygen atoms in total. The highest BCUT2D eigenvalue weighted by molar-refractivity contribution is 7.99. The topological polar surface area (TPSA) is 92.6 Å². The summed E-state index contributed by atoms with van der Waals surface area (Å²) in [6.07, 6.45) is 0.336. The highest BCUT2D eigenvalue weighted by Gasteiger charge is 2.32. The van der Waals surface area contributed by atoms with Crippen molar-refractivity contribution in [2.45, 2.75) is 51.1 Å². The second-order valence-electron chi connectivity index (χ2n) is 10.1.